The fourth-order valence-corrected chi connectivity index (χ4v) is 1.52. The number of rotatable bonds is 8. The van der Waals surface area contributed by atoms with Crippen LogP contribution in [0.25, 0.3) is 0 Å². The van der Waals surface area contributed by atoms with Crippen LogP contribution in [0.15, 0.2) is 24.3 Å². The van der Waals surface area contributed by atoms with Crippen molar-refractivity contribution >= 4 is 5.91 Å². The number of ether oxygens (including phenoxy) is 1. The van der Waals surface area contributed by atoms with E-state index >= 15 is 0 Å². The normalized spacial score (nSPS) is 10.1. The van der Waals surface area contributed by atoms with Crippen molar-refractivity contribution in [2.75, 3.05) is 20.2 Å². The van der Waals surface area contributed by atoms with Crippen molar-refractivity contribution in [1.82, 2.24) is 10.6 Å². The molecule has 1 aromatic rings. The Morgan fingerprint density at radius 3 is 2.94 bits per heavy atom. The lowest BCUT2D eigenvalue weighted by molar-refractivity contribution is -0.120. The Hall–Kier alpha value is -1.55. The summed E-state index contributed by atoms with van der Waals surface area (Å²) in [6.45, 7) is 4.26. The van der Waals surface area contributed by atoms with Gasteiger partial charge in [0.15, 0.2) is 0 Å². The minimum Gasteiger partial charge on any atom is -0.494 e. The maximum atomic E-state index is 11.0. The van der Waals surface area contributed by atoms with Crippen LogP contribution in [0.4, 0.5) is 0 Å². The third-order valence-corrected chi connectivity index (χ3v) is 2.51. The van der Waals surface area contributed by atoms with Gasteiger partial charge in [-0.3, -0.25) is 4.79 Å². The highest BCUT2D eigenvalue weighted by Crippen LogP contribution is 2.13. The van der Waals surface area contributed by atoms with E-state index in [1.54, 1.807) is 7.05 Å². The fourth-order valence-electron chi connectivity index (χ4n) is 1.52. The molecule has 0 heterocycles. The lowest BCUT2D eigenvalue weighted by Gasteiger charge is -2.08. The largest absolute Gasteiger partial charge is 0.494 e. The third kappa shape index (κ3) is 5.68. The minimum absolute atomic E-state index is 0.0579. The zero-order chi connectivity index (χ0) is 13.2. The van der Waals surface area contributed by atoms with E-state index in [1.807, 2.05) is 24.3 Å². The number of nitrogens with one attached hydrogen (secondary N) is 2. The van der Waals surface area contributed by atoms with Gasteiger partial charge in [-0.25, -0.2) is 0 Å². The Balaban J connectivity index is 2.31. The van der Waals surface area contributed by atoms with Crippen LogP contribution in [-0.4, -0.2) is 26.1 Å². The number of benzene rings is 1. The molecule has 0 aliphatic rings. The van der Waals surface area contributed by atoms with E-state index in [1.165, 1.54) is 5.56 Å². The Kier molecular flexibility index (Phi) is 6.87. The van der Waals surface area contributed by atoms with E-state index in [0.29, 0.717) is 13.0 Å². The predicted molar refractivity (Wildman–Crippen MR) is 72.6 cm³/mol. The van der Waals surface area contributed by atoms with Crippen LogP contribution in [0.5, 0.6) is 5.75 Å². The van der Waals surface area contributed by atoms with E-state index in [-0.39, 0.29) is 5.91 Å². The molecule has 18 heavy (non-hydrogen) atoms. The summed E-state index contributed by atoms with van der Waals surface area (Å²) in [5.41, 5.74) is 1.17. The monoisotopic (exact) mass is 250 g/mol. The highest BCUT2D eigenvalue weighted by atomic mass is 16.5. The van der Waals surface area contributed by atoms with Crippen molar-refractivity contribution in [2.45, 2.75) is 26.3 Å². The highest BCUT2D eigenvalue weighted by Gasteiger charge is 1.99. The highest BCUT2D eigenvalue weighted by molar-refractivity contribution is 5.75. The topological polar surface area (TPSA) is 50.4 Å². The number of hydrogen-bond donors (Lipinski definition) is 2. The lowest BCUT2D eigenvalue weighted by atomic mass is 10.2. The van der Waals surface area contributed by atoms with Gasteiger partial charge in [0.05, 0.1) is 6.61 Å². The van der Waals surface area contributed by atoms with Gasteiger partial charge in [-0.05, 0) is 24.1 Å². The molecule has 0 saturated heterocycles. The second-order valence-electron chi connectivity index (χ2n) is 4.10. The zero-order valence-electron chi connectivity index (χ0n) is 11.2. The molecule has 0 radical (unpaired) electrons. The molecule has 1 rings (SSSR count). The smallest absolute Gasteiger partial charge is 0.221 e. The van der Waals surface area contributed by atoms with Crippen LogP contribution in [0, 0.1) is 0 Å². The average molecular weight is 250 g/mol. The number of carbonyl (C=O) groups excluding carboxylic acids is 1. The van der Waals surface area contributed by atoms with Gasteiger partial charge < -0.3 is 15.4 Å². The SMILES string of the molecule is CCCOc1cccc(CNCCC(=O)NC)c1. The van der Waals surface area contributed by atoms with Crippen LogP contribution >= 0.6 is 0 Å². The Labute approximate surface area is 109 Å². The van der Waals surface area contributed by atoms with Gasteiger partial charge in [0, 0.05) is 26.6 Å². The van der Waals surface area contributed by atoms with Gasteiger partial charge in [0.2, 0.25) is 5.91 Å². The van der Waals surface area contributed by atoms with Gasteiger partial charge in [-0.2, -0.15) is 0 Å². The molecule has 1 amide bonds. The second-order valence-corrected chi connectivity index (χ2v) is 4.10. The molecule has 4 nitrogen and oxygen atoms in total. The Morgan fingerprint density at radius 1 is 1.39 bits per heavy atom. The standard InChI is InChI=1S/C14H22N2O2/c1-3-9-18-13-6-4-5-12(10-13)11-16-8-7-14(17)15-2/h4-6,10,16H,3,7-9,11H2,1-2H3,(H,15,17). The molecule has 1 aromatic carbocycles. The summed E-state index contributed by atoms with van der Waals surface area (Å²) in [6.07, 6.45) is 1.51. The zero-order valence-corrected chi connectivity index (χ0v) is 11.2. The van der Waals surface area contributed by atoms with E-state index in [2.05, 4.69) is 17.6 Å². The van der Waals surface area contributed by atoms with Crippen LogP contribution in [0.1, 0.15) is 25.3 Å². The van der Waals surface area contributed by atoms with Gasteiger partial charge in [0.1, 0.15) is 5.75 Å². The summed E-state index contributed by atoms with van der Waals surface area (Å²) in [7, 11) is 1.65. The lowest BCUT2D eigenvalue weighted by Crippen LogP contribution is -2.24. The Bertz CT molecular complexity index is 367. The summed E-state index contributed by atoms with van der Waals surface area (Å²) in [5, 5.41) is 5.83. The molecular formula is C14H22N2O2. The molecule has 0 aliphatic carbocycles. The number of hydrogen-bond acceptors (Lipinski definition) is 3. The molecule has 0 spiro atoms. The van der Waals surface area contributed by atoms with Crippen molar-refractivity contribution in [3.8, 4) is 5.75 Å². The number of amides is 1. The summed E-state index contributed by atoms with van der Waals surface area (Å²) in [6, 6.07) is 8.03. The van der Waals surface area contributed by atoms with Crippen molar-refractivity contribution in [3.05, 3.63) is 29.8 Å². The first kappa shape index (κ1) is 14.5. The summed E-state index contributed by atoms with van der Waals surface area (Å²) >= 11 is 0. The van der Waals surface area contributed by atoms with E-state index in [4.69, 9.17) is 4.74 Å². The molecule has 0 bridgehead atoms. The first-order valence-electron chi connectivity index (χ1n) is 6.39. The molecule has 2 N–H and O–H groups in total. The molecule has 100 valence electrons. The molecule has 0 aliphatic heterocycles. The molecule has 0 saturated carbocycles. The fraction of sp³-hybridized carbons (Fsp3) is 0.500. The second kappa shape index (κ2) is 8.53. The molecular weight excluding hydrogens is 228 g/mol. The van der Waals surface area contributed by atoms with E-state index < -0.39 is 0 Å². The van der Waals surface area contributed by atoms with Crippen molar-refractivity contribution in [1.29, 1.82) is 0 Å². The van der Waals surface area contributed by atoms with Gasteiger partial charge in [0.25, 0.3) is 0 Å². The summed E-state index contributed by atoms with van der Waals surface area (Å²) < 4.78 is 5.57. The van der Waals surface area contributed by atoms with Crippen molar-refractivity contribution in [2.24, 2.45) is 0 Å². The van der Waals surface area contributed by atoms with Crippen LogP contribution < -0.4 is 15.4 Å². The van der Waals surface area contributed by atoms with Crippen molar-refractivity contribution < 1.29 is 9.53 Å². The maximum Gasteiger partial charge on any atom is 0.221 e. The third-order valence-electron chi connectivity index (χ3n) is 2.51. The van der Waals surface area contributed by atoms with E-state index in [0.717, 1.165) is 25.3 Å². The molecule has 4 heteroatoms. The van der Waals surface area contributed by atoms with Gasteiger partial charge in [-0.15, -0.1) is 0 Å². The maximum absolute atomic E-state index is 11.0. The van der Waals surface area contributed by atoms with Crippen LogP contribution in [0.2, 0.25) is 0 Å². The first-order chi connectivity index (χ1) is 8.76. The van der Waals surface area contributed by atoms with Crippen LogP contribution in [-0.2, 0) is 11.3 Å². The molecule has 0 aromatic heterocycles. The molecule has 0 unspecified atom stereocenters. The van der Waals surface area contributed by atoms with Crippen LogP contribution in [0.3, 0.4) is 0 Å². The van der Waals surface area contributed by atoms with E-state index in [9.17, 15) is 4.79 Å². The molecule has 0 atom stereocenters. The van der Waals surface area contributed by atoms with Crippen molar-refractivity contribution in [3.63, 3.8) is 0 Å². The van der Waals surface area contributed by atoms with Gasteiger partial charge >= 0.3 is 0 Å². The Morgan fingerprint density at radius 2 is 2.22 bits per heavy atom. The molecule has 0 fully saturated rings. The van der Waals surface area contributed by atoms with Gasteiger partial charge in [-0.1, -0.05) is 19.1 Å². The first-order valence-corrected chi connectivity index (χ1v) is 6.39. The minimum atomic E-state index is 0.0579. The summed E-state index contributed by atoms with van der Waals surface area (Å²) in [4.78, 5) is 11.0. The average Bonchev–Trinajstić information content (AvgIpc) is 2.41. The summed E-state index contributed by atoms with van der Waals surface area (Å²) in [5.74, 6) is 0.963. The predicted octanol–water partition coefficient (Wildman–Crippen LogP) is 1.70. The quantitative estimate of drug-likeness (QED) is 0.690. The number of carbonyl (C=O) groups is 1.